The molecule has 1 N–H and O–H groups in total. The van der Waals surface area contributed by atoms with Gasteiger partial charge in [0.25, 0.3) is 0 Å². The molecule has 0 atom stereocenters. The molecule has 4 heteroatoms. The molecular weight excluding hydrogens is 334 g/mol. The van der Waals surface area contributed by atoms with Crippen molar-refractivity contribution < 1.29 is 5.11 Å². The molecule has 152 valence electrons. The van der Waals surface area contributed by atoms with E-state index in [2.05, 4.69) is 53.1 Å². The highest BCUT2D eigenvalue weighted by molar-refractivity contribution is 5.23. The second-order valence-corrected chi connectivity index (χ2v) is 9.64. The van der Waals surface area contributed by atoms with Gasteiger partial charge in [0.15, 0.2) is 0 Å². The number of hydrogen-bond donors (Lipinski definition) is 1. The monoisotopic (exact) mass is 373 g/mol. The lowest BCUT2D eigenvalue weighted by Gasteiger charge is -2.47. The van der Waals surface area contributed by atoms with E-state index in [1.807, 2.05) is 13.8 Å². The van der Waals surface area contributed by atoms with Gasteiger partial charge in [-0.25, -0.2) is 0 Å². The highest BCUT2D eigenvalue weighted by Crippen LogP contribution is 2.31. The number of likely N-dealkylation sites (N-methyl/N-ethyl adjacent to an activating group) is 2. The third kappa shape index (κ3) is 5.77. The maximum Gasteiger partial charge on any atom is 0.0594 e. The fraction of sp³-hybridized carbons (Fsp3) is 0.739. The summed E-state index contributed by atoms with van der Waals surface area (Å²) in [5.74, 6) is 0. The van der Waals surface area contributed by atoms with Crippen LogP contribution < -0.4 is 0 Å². The van der Waals surface area contributed by atoms with Gasteiger partial charge >= 0.3 is 0 Å². The van der Waals surface area contributed by atoms with E-state index >= 15 is 0 Å². The van der Waals surface area contributed by atoms with Crippen molar-refractivity contribution in [2.24, 2.45) is 0 Å². The first-order valence-electron chi connectivity index (χ1n) is 10.7. The summed E-state index contributed by atoms with van der Waals surface area (Å²) < 4.78 is 0. The van der Waals surface area contributed by atoms with Gasteiger partial charge < -0.3 is 10.0 Å². The molecule has 0 amide bonds. The van der Waals surface area contributed by atoms with Gasteiger partial charge in [0, 0.05) is 31.7 Å². The topological polar surface area (TPSA) is 30.0 Å². The molecule has 2 aliphatic heterocycles. The predicted octanol–water partition coefficient (Wildman–Crippen LogP) is 2.99. The minimum absolute atomic E-state index is 0.378. The highest BCUT2D eigenvalue weighted by atomic mass is 16.3. The smallest absolute Gasteiger partial charge is 0.0594 e. The second-order valence-electron chi connectivity index (χ2n) is 9.64. The van der Waals surface area contributed by atoms with E-state index in [0.717, 1.165) is 19.4 Å². The Bertz CT molecular complexity index is 585. The zero-order chi connectivity index (χ0) is 19.5. The van der Waals surface area contributed by atoms with Gasteiger partial charge in [0.2, 0.25) is 0 Å². The Morgan fingerprint density at radius 2 is 1.59 bits per heavy atom. The first-order chi connectivity index (χ1) is 12.8. The summed E-state index contributed by atoms with van der Waals surface area (Å²) in [6.07, 6.45) is 5.59. The first kappa shape index (κ1) is 20.8. The third-order valence-electron chi connectivity index (χ3n) is 6.65. The SMILES string of the molecule is CN1CCCN(C)C2(CCN(Cc3ccc(CCC(C)(C)O)cc3)CC2)C1. The molecule has 0 radical (unpaired) electrons. The predicted molar refractivity (Wildman–Crippen MR) is 113 cm³/mol. The average Bonchev–Trinajstić information content (AvgIpc) is 2.75. The van der Waals surface area contributed by atoms with Crippen molar-refractivity contribution in [2.45, 2.75) is 63.6 Å². The van der Waals surface area contributed by atoms with E-state index in [9.17, 15) is 5.11 Å². The highest BCUT2D eigenvalue weighted by Gasteiger charge is 2.39. The van der Waals surface area contributed by atoms with E-state index in [0.29, 0.717) is 5.54 Å². The van der Waals surface area contributed by atoms with Crippen LogP contribution in [0.3, 0.4) is 0 Å². The molecule has 27 heavy (non-hydrogen) atoms. The molecule has 0 unspecified atom stereocenters. The molecule has 2 saturated heterocycles. The van der Waals surface area contributed by atoms with Crippen LogP contribution in [0.1, 0.15) is 50.7 Å². The van der Waals surface area contributed by atoms with Gasteiger partial charge in [-0.05, 0) is 84.3 Å². The molecule has 2 aliphatic rings. The number of likely N-dealkylation sites (tertiary alicyclic amines) is 1. The Morgan fingerprint density at radius 1 is 0.963 bits per heavy atom. The van der Waals surface area contributed by atoms with E-state index in [4.69, 9.17) is 0 Å². The van der Waals surface area contributed by atoms with Crippen molar-refractivity contribution in [2.75, 3.05) is 46.8 Å². The lowest BCUT2D eigenvalue weighted by Crippen LogP contribution is -2.57. The second kappa shape index (κ2) is 8.60. The van der Waals surface area contributed by atoms with Gasteiger partial charge in [-0.1, -0.05) is 24.3 Å². The van der Waals surface area contributed by atoms with Crippen LogP contribution in [0.15, 0.2) is 24.3 Å². The molecule has 0 aromatic heterocycles. The summed E-state index contributed by atoms with van der Waals surface area (Å²) >= 11 is 0. The van der Waals surface area contributed by atoms with Crippen LogP contribution in [0.25, 0.3) is 0 Å². The van der Waals surface area contributed by atoms with E-state index in [1.165, 1.54) is 63.1 Å². The van der Waals surface area contributed by atoms with Crippen molar-refractivity contribution in [3.63, 3.8) is 0 Å². The van der Waals surface area contributed by atoms with Crippen molar-refractivity contribution >= 4 is 0 Å². The van der Waals surface area contributed by atoms with Crippen LogP contribution in [0.2, 0.25) is 0 Å². The molecule has 1 aromatic rings. The fourth-order valence-electron chi connectivity index (χ4n) is 4.70. The van der Waals surface area contributed by atoms with E-state index in [1.54, 1.807) is 0 Å². The maximum atomic E-state index is 9.89. The fourth-order valence-corrected chi connectivity index (χ4v) is 4.70. The third-order valence-corrected chi connectivity index (χ3v) is 6.65. The molecule has 0 aliphatic carbocycles. The Balaban J connectivity index is 1.51. The number of hydrogen-bond acceptors (Lipinski definition) is 4. The number of piperidine rings is 1. The maximum absolute atomic E-state index is 9.89. The number of nitrogens with zero attached hydrogens (tertiary/aromatic N) is 3. The molecule has 0 saturated carbocycles. The van der Waals surface area contributed by atoms with E-state index in [-0.39, 0.29) is 0 Å². The molecule has 2 heterocycles. The van der Waals surface area contributed by atoms with Crippen LogP contribution in [0.4, 0.5) is 0 Å². The first-order valence-corrected chi connectivity index (χ1v) is 10.7. The van der Waals surface area contributed by atoms with Gasteiger partial charge in [-0.15, -0.1) is 0 Å². The van der Waals surface area contributed by atoms with Crippen LogP contribution in [-0.4, -0.2) is 77.8 Å². The van der Waals surface area contributed by atoms with Crippen LogP contribution in [0.5, 0.6) is 0 Å². The van der Waals surface area contributed by atoms with Crippen molar-refractivity contribution in [1.29, 1.82) is 0 Å². The molecule has 1 spiro atoms. The Hall–Kier alpha value is -0.940. The van der Waals surface area contributed by atoms with Gasteiger partial charge in [-0.2, -0.15) is 0 Å². The summed E-state index contributed by atoms with van der Waals surface area (Å²) in [4.78, 5) is 7.80. The molecular formula is C23H39N3O. The van der Waals surface area contributed by atoms with Crippen LogP contribution in [0, 0.1) is 0 Å². The largest absolute Gasteiger partial charge is 0.390 e. The summed E-state index contributed by atoms with van der Waals surface area (Å²) in [5.41, 5.74) is 2.52. The summed E-state index contributed by atoms with van der Waals surface area (Å²) in [5, 5.41) is 9.89. The number of aryl methyl sites for hydroxylation is 1. The number of rotatable bonds is 5. The molecule has 1 aromatic carbocycles. The summed E-state index contributed by atoms with van der Waals surface area (Å²) in [6, 6.07) is 9.02. The molecule has 4 nitrogen and oxygen atoms in total. The minimum atomic E-state index is -0.582. The quantitative estimate of drug-likeness (QED) is 0.859. The molecule has 0 bridgehead atoms. The van der Waals surface area contributed by atoms with Crippen molar-refractivity contribution in [1.82, 2.24) is 14.7 Å². The average molecular weight is 374 g/mol. The zero-order valence-corrected chi connectivity index (χ0v) is 17.9. The summed E-state index contributed by atoms with van der Waals surface area (Å²) in [7, 11) is 4.62. The van der Waals surface area contributed by atoms with Crippen LogP contribution in [-0.2, 0) is 13.0 Å². The standard InChI is InChI=1S/C23H39N3O/c1-22(2,27)11-10-20-6-8-21(9-7-20)18-26-16-12-23(13-17-26)19-24(3)14-5-15-25(23)4/h6-9,27H,5,10-19H2,1-4H3. The van der Waals surface area contributed by atoms with E-state index < -0.39 is 5.60 Å². The zero-order valence-electron chi connectivity index (χ0n) is 17.9. The molecule has 3 rings (SSSR count). The molecule has 2 fully saturated rings. The summed E-state index contributed by atoms with van der Waals surface area (Å²) in [6.45, 7) is 10.9. The normalized spacial score (nSPS) is 22.9. The Kier molecular flexibility index (Phi) is 6.62. The van der Waals surface area contributed by atoms with Gasteiger partial charge in [0.05, 0.1) is 5.60 Å². The number of aliphatic hydroxyl groups is 1. The van der Waals surface area contributed by atoms with Gasteiger partial charge in [-0.3, -0.25) is 9.80 Å². The number of benzene rings is 1. The van der Waals surface area contributed by atoms with Crippen molar-refractivity contribution in [3.8, 4) is 0 Å². The lowest BCUT2D eigenvalue weighted by molar-refractivity contribution is 0.0295. The van der Waals surface area contributed by atoms with Crippen molar-refractivity contribution in [3.05, 3.63) is 35.4 Å². The van der Waals surface area contributed by atoms with Crippen LogP contribution >= 0.6 is 0 Å². The lowest BCUT2D eigenvalue weighted by atomic mass is 9.85. The Morgan fingerprint density at radius 3 is 2.22 bits per heavy atom. The minimum Gasteiger partial charge on any atom is -0.390 e. The Labute approximate surface area is 166 Å². The van der Waals surface area contributed by atoms with Gasteiger partial charge in [0.1, 0.15) is 0 Å².